The van der Waals surface area contributed by atoms with Crippen LogP contribution in [0, 0.1) is 34.5 Å². The van der Waals surface area contributed by atoms with Crippen molar-refractivity contribution < 1.29 is 0 Å². The van der Waals surface area contributed by atoms with E-state index in [1.165, 1.54) is 30.4 Å². The lowest BCUT2D eigenvalue weighted by Crippen LogP contribution is -2.25. The molecule has 1 aliphatic rings. The number of rotatable bonds is 7. The van der Waals surface area contributed by atoms with Gasteiger partial charge in [0, 0.05) is 0 Å². The van der Waals surface area contributed by atoms with Crippen LogP contribution in [0.15, 0.2) is 24.3 Å². The second-order valence-corrected chi connectivity index (χ2v) is 12.7. The topological polar surface area (TPSA) is 0 Å². The molecule has 1 aromatic rings. The second kappa shape index (κ2) is 13.1. The van der Waals surface area contributed by atoms with E-state index >= 15 is 0 Å². The van der Waals surface area contributed by atoms with E-state index in [0.29, 0.717) is 17.3 Å². The third-order valence-electron chi connectivity index (χ3n) is 8.15. The summed E-state index contributed by atoms with van der Waals surface area (Å²) in [5.74, 6) is 4.67. The monoisotopic (exact) mass is 430 g/mol. The van der Waals surface area contributed by atoms with Crippen LogP contribution in [0.1, 0.15) is 139 Å². The molecule has 1 fully saturated rings. The van der Waals surface area contributed by atoms with E-state index in [9.17, 15) is 0 Å². The third kappa shape index (κ3) is 10.6. The Bertz CT molecular complexity index is 561. The first kappa shape index (κ1) is 30.2. The molecule has 1 saturated carbocycles. The summed E-state index contributed by atoms with van der Waals surface area (Å²) in [5.41, 5.74) is 4.16. The Hall–Kier alpha value is -0.780. The van der Waals surface area contributed by atoms with Crippen LogP contribution in [-0.4, -0.2) is 0 Å². The molecule has 0 heteroatoms. The predicted octanol–water partition coefficient (Wildman–Crippen LogP) is 10.7. The van der Waals surface area contributed by atoms with Crippen molar-refractivity contribution in [1.82, 2.24) is 0 Å². The van der Waals surface area contributed by atoms with Crippen molar-refractivity contribution >= 4 is 0 Å². The average molecular weight is 431 g/mol. The third-order valence-corrected chi connectivity index (χ3v) is 8.15. The lowest BCUT2D eigenvalue weighted by atomic mass is 9.72. The van der Waals surface area contributed by atoms with Gasteiger partial charge in [-0.2, -0.15) is 0 Å². The van der Waals surface area contributed by atoms with Crippen LogP contribution in [0.2, 0.25) is 0 Å². The van der Waals surface area contributed by atoms with E-state index in [1.807, 2.05) is 0 Å². The van der Waals surface area contributed by atoms with Gasteiger partial charge < -0.3 is 0 Å². The summed E-state index contributed by atoms with van der Waals surface area (Å²) in [4.78, 5) is 0. The van der Waals surface area contributed by atoms with E-state index in [4.69, 9.17) is 0 Å². The first-order chi connectivity index (χ1) is 14.1. The van der Waals surface area contributed by atoms with Crippen molar-refractivity contribution in [2.24, 2.45) is 34.5 Å². The zero-order chi connectivity index (χ0) is 24.6. The fourth-order valence-corrected chi connectivity index (χ4v) is 3.93. The molecule has 0 bridgehead atoms. The Kier molecular flexibility index (Phi) is 12.7. The summed E-state index contributed by atoms with van der Waals surface area (Å²) in [6.45, 7) is 32.2. The lowest BCUT2D eigenvalue weighted by Gasteiger charge is -2.33. The summed E-state index contributed by atoms with van der Waals surface area (Å²) in [7, 11) is 0. The van der Waals surface area contributed by atoms with Gasteiger partial charge in [0.05, 0.1) is 0 Å². The minimum absolute atomic E-state index is 0.500. The van der Waals surface area contributed by atoms with Crippen LogP contribution in [-0.2, 0) is 0 Å². The predicted molar refractivity (Wildman–Crippen MR) is 144 cm³/mol. The Morgan fingerprint density at radius 3 is 1.26 bits per heavy atom. The molecule has 0 N–H and O–H groups in total. The van der Waals surface area contributed by atoms with Crippen LogP contribution in [0.3, 0.4) is 0 Å². The van der Waals surface area contributed by atoms with E-state index in [-0.39, 0.29) is 0 Å². The number of hydrogen-bond donors (Lipinski definition) is 0. The molecule has 0 aromatic heterocycles. The van der Waals surface area contributed by atoms with Gasteiger partial charge in [0.15, 0.2) is 0 Å². The van der Waals surface area contributed by atoms with Gasteiger partial charge in [0.25, 0.3) is 0 Å². The van der Waals surface area contributed by atoms with Gasteiger partial charge in [0.2, 0.25) is 0 Å². The maximum absolute atomic E-state index is 2.37. The molecule has 0 unspecified atom stereocenters. The molecule has 0 amide bonds. The fraction of sp³-hybridized carbons (Fsp3) is 0.806. The molecule has 0 radical (unpaired) electrons. The molecule has 0 atom stereocenters. The molecule has 182 valence electrons. The van der Waals surface area contributed by atoms with Crippen LogP contribution >= 0.6 is 0 Å². The molecule has 1 aliphatic carbocycles. The Balaban J connectivity index is 0.000000441. The molecule has 0 saturated heterocycles. The average Bonchev–Trinajstić information content (AvgIpc) is 3.42. The highest BCUT2D eigenvalue weighted by molar-refractivity contribution is 5.27. The summed E-state index contributed by atoms with van der Waals surface area (Å²) in [6, 6.07) is 8.88. The second-order valence-electron chi connectivity index (χ2n) is 12.7. The zero-order valence-electron chi connectivity index (χ0n) is 23.9. The van der Waals surface area contributed by atoms with Crippen LogP contribution in [0.25, 0.3) is 0 Å². The summed E-state index contributed by atoms with van der Waals surface area (Å²) in [5, 5.41) is 0. The molecule has 0 aliphatic heterocycles. The first-order valence-electron chi connectivity index (χ1n) is 13.2. The minimum Gasteiger partial charge on any atom is -0.0628 e. The van der Waals surface area contributed by atoms with Gasteiger partial charge in [-0.1, -0.05) is 121 Å². The van der Waals surface area contributed by atoms with Crippen molar-refractivity contribution in [2.45, 2.75) is 128 Å². The Morgan fingerprint density at radius 1 is 0.710 bits per heavy atom. The van der Waals surface area contributed by atoms with Crippen molar-refractivity contribution in [2.75, 3.05) is 0 Å². The minimum atomic E-state index is 0.500. The molecular weight excluding hydrogens is 372 g/mol. The van der Waals surface area contributed by atoms with Gasteiger partial charge in [-0.05, 0) is 76.7 Å². The maximum Gasteiger partial charge on any atom is -0.0219 e. The molecule has 0 heterocycles. The van der Waals surface area contributed by atoms with E-state index in [0.717, 1.165) is 29.1 Å². The Labute approximate surface area is 198 Å². The van der Waals surface area contributed by atoms with Crippen molar-refractivity contribution in [3.05, 3.63) is 35.4 Å². The first-order valence-corrected chi connectivity index (χ1v) is 13.2. The molecular formula is C31H58. The van der Waals surface area contributed by atoms with Crippen molar-refractivity contribution in [3.63, 3.8) is 0 Å². The van der Waals surface area contributed by atoms with Gasteiger partial charge in [-0.25, -0.2) is 0 Å². The number of benzene rings is 1. The van der Waals surface area contributed by atoms with Crippen LogP contribution in [0.4, 0.5) is 0 Å². The standard InChI is InChI=1S/C12H18.C10H20.C9H20/c1-9(2)11-6-5-7-12(8-11)10(3)4;1-8(2)7-10(5-6-10)9(3)4;1-7(2)9(5,6)8(3)4/h5-10H,1-4H3;8-9H,5-7H2,1-4H3;7-8H,1-6H3. The lowest BCUT2D eigenvalue weighted by molar-refractivity contribution is 0.165. The van der Waals surface area contributed by atoms with Gasteiger partial charge >= 0.3 is 0 Å². The van der Waals surface area contributed by atoms with E-state index in [2.05, 4.69) is 121 Å². The smallest absolute Gasteiger partial charge is 0.0219 e. The van der Waals surface area contributed by atoms with E-state index < -0.39 is 0 Å². The molecule has 2 rings (SSSR count). The highest BCUT2D eigenvalue weighted by atomic mass is 14.5. The Morgan fingerprint density at radius 2 is 1.10 bits per heavy atom. The zero-order valence-corrected chi connectivity index (χ0v) is 23.9. The fourth-order valence-electron chi connectivity index (χ4n) is 3.93. The van der Waals surface area contributed by atoms with Crippen molar-refractivity contribution in [3.8, 4) is 0 Å². The molecule has 1 aromatic carbocycles. The molecule has 31 heavy (non-hydrogen) atoms. The highest BCUT2D eigenvalue weighted by Gasteiger charge is 2.44. The highest BCUT2D eigenvalue weighted by Crippen LogP contribution is 2.56. The summed E-state index contributed by atoms with van der Waals surface area (Å²) >= 11 is 0. The normalized spacial score (nSPS) is 15.4. The van der Waals surface area contributed by atoms with Gasteiger partial charge in [0.1, 0.15) is 0 Å². The van der Waals surface area contributed by atoms with Crippen molar-refractivity contribution in [1.29, 1.82) is 0 Å². The quantitative estimate of drug-likeness (QED) is 0.403. The molecule has 0 nitrogen and oxygen atoms in total. The number of hydrogen-bond acceptors (Lipinski definition) is 0. The maximum atomic E-state index is 2.37. The van der Waals surface area contributed by atoms with E-state index in [1.54, 1.807) is 0 Å². The van der Waals surface area contributed by atoms with Crippen LogP contribution < -0.4 is 0 Å². The molecule has 0 spiro atoms. The van der Waals surface area contributed by atoms with Gasteiger partial charge in [-0.3, -0.25) is 0 Å². The summed E-state index contributed by atoms with van der Waals surface area (Å²) in [6.07, 6.45) is 4.43. The SMILES string of the molecule is CC(C)C(C)(C)C(C)C.CC(C)CC1(C(C)C)CC1.CC(C)c1cccc(C(C)C)c1. The van der Waals surface area contributed by atoms with Gasteiger partial charge in [-0.15, -0.1) is 0 Å². The summed E-state index contributed by atoms with van der Waals surface area (Å²) < 4.78 is 0. The largest absolute Gasteiger partial charge is 0.0628 e. The van der Waals surface area contributed by atoms with Crippen LogP contribution in [0.5, 0.6) is 0 Å².